The molecule has 0 atom stereocenters. The molecule has 0 unspecified atom stereocenters. The van der Waals surface area contributed by atoms with Crippen LogP contribution >= 0.6 is 0 Å². The van der Waals surface area contributed by atoms with Crippen LogP contribution < -0.4 is 5.73 Å². The minimum Gasteiger partial charge on any atom is -0.384 e. The van der Waals surface area contributed by atoms with Crippen molar-refractivity contribution in [2.45, 2.75) is 0 Å². The number of nitrogens with one attached hydrogen (secondary N) is 1. The molecule has 1 radical (unpaired) electrons. The minimum absolute atomic E-state index is 0.0907. The van der Waals surface area contributed by atoms with Crippen molar-refractivity contribution in [2.75, 3.05) is 0 Å². The largest absolute Gasteiger partial charge is 0.384 e. The number of amidine groups is 1. The lowest BCUT2D eigenvalue weighted by atomic mass is 10.0. The van der Waals surface area contributed by atoms with Crippen LogP contribution in [0, 0.1) is 11.8 Å². The van der Waals surface area contributed by atoms with E-state index in [-0.39, 0.29) is 5.84 Å². The molecule has 0 aliphatic carbocycles. The number of rotatable bonds is 3. The Bertz CT molecular complexity index is 474. The summed E-state index contributed by atoms with van der Waals surface area (Å²) in [5.74, 6) is 0.0907. The fourth-order valence-corrected chi connectivity index (χ4v) is 1.41. The number of pyridine rings is 1. The molecule has 1 heterocycles. The number of hydrogen-bond donors (Lipinski definition) is 2. The third kappa shape index (κ3) is 2.45. The predicted octanol–water partition coefficient (Wildman–Crippen LogP) is 1.97. The van der Waals surface area contributed by atoms with Gasteiger partial charge < -0.3 is 5.73 Å². The molecular formula is C13H12N3. The lowest BCUT2D eigenvalue weighted by Gasteiger charge is -2.02. The van der Waals surface area contributed by atoms with Gasteiger partial charge in [0.2, 0.25) is 0 Å². The molecule has 3 nitrogen and oxygen atoms in total. The molecule has 2 rings (SSSR count). The van der Waals surface area contributed by atoms with Crippen LogP contribution in [0.4, 0.5) is 0 Å². The first kappa shape index (κ1) is 10.4. The fourth-order valence-electron chi connectivity index (χ4n) is 1.41. The van der Waals surface area contributed by atoms with Crippen LogP contribution in [0.1, 0.15) is 16.7 Å². The van der Waals surface area contributed by atoms with Crippen molar-refractivity contribution in [2.24, 2.45) is 5.73 Å². The van der Waals surface area contributed by atoms with E-state index < -0.39 is 0 Å². The quantitative estimate of drug-likeness (QED) is 0.601. The van der Waals surface area contributed by atoms with Gasteiger partial charge in [-0.05, 0) is 17.2 Å². The SMILES string of the molecule is N=C(N)c1ccc([CH]c2cccnc2)cc1. The third-order valence-electron chi connectivity index (χ3n) is 2.24. The van der Waals surface area contributed by atoms with Gasteiger partial charge >= 0.3 is 0 Å². The highest BCUT2D eigenvalue weighted by atomic mass is 14.7. The minimum atomic E-state index is 0.0907. The molecule has 2 aromatic rings. The summed E-state index contributed by atoms with van der Waals surface area (Å²) < 4.78 is 0. The molecule has 0 amide bonds. The van der Waals surface area contributed by atoms with Gasteiger partial charge in [0.25, 0.3) is 0 Å². The summed E-state index contributed by atoms with van der Waals surface area (Å²) in [4.78, 5) is 4.04. The van der Waals surface area contributed by atoms with Gasteiger partial charge in [-0.15, -0.1) is 0 Å². The first-order valence-electron chi connectivity index (χ1n) is 4.95. The summed E-state index contributed by atoms with van der Waals surface area (Å²) in [7, 11) is 0. The Morgan fingerprint density at radius 1 is 1.12 bits per heavy atom. The van der Waals surface area contributed by atoms with Crippen LogP contribution in [0.15, 0.2) is 48.8 Å². The summed E-state index contributed by atoms with van der Waals surface area (Å²) in [5, 5.41) is 7.28. The van der Waals surface area contributed by atoms with Crippen LogP contribution in [0.3, 0.4) is 0 Å². The van der Waals surface area contributed by atoms with Crippen molar-refractivity contribution in [1.82, 2.24) is 4.98 Å². The monoisotopic (exact) mass is 210 g/mol. The van der Waals surface area contributed by atoms with E-state index in [2.05, 4.69) is 4.98 Å². The van der Waals surface area contributed by atoms with Crippen LogP contribution in [0.25, 0.3) is 0 Å². The zero-order chi connectivity index (χ0) is 11.4. The highest BCUT2D eigenvalue weighted by Gasteiger charge is 1.98. The molecule has 3 heteroatoms. The van der Waals surface area contributed by atoms with Gasteiger partial charge in [0, 0.05) is 24.4 Å². The van der Waals surface area contributed by atoms with E-state index >= 15 is 0 Å². The standard InChI is InChI=1S/C13H12N3/c14-13(15)12-5-3-10(4-6-12)8-11-2-1-7-16-9-11/h1-9H,(H3,14,15). The van der Waals surface area contributed by atoms with Gasteiger partial charge in [-0.3, -0.25) is 10.4 Å². The zero-order valence-electron chi connectivity index (χ0n) is 8.72. The van der Waals surface area contributed by atoms with Gasteiger partial charge in [-0.25, -0.2) is 0 Å². The van der Waals surface area contributed by atoms with Crippen LogP contribution in [0.2, 0.25) is 0 Å². The van der Waals surface area contributed by atoms with E-state index in [4.69, 9.17) is 11.1 Å². The van der Waals surface area contributed by atoms with Crippen molar-refractivity contribution < 1.29 is 0 Å². The molecule has 3 N–H and O–H groups in total. The van der Waals surface area contributed by atoms with E-state index in [9.17, 15) is 0 Å². The van der Waals surface area contributed by atoms with E-state index in [1.807, 2.05) is 42.8 Å². The molecule has 0 saturated heterocycles. The lowest BCUT2D eigenvalue weighted by Crippen LogP contribution is -2.10. The molecule has 0 bridgehead atoms. The Balaban J connectivity index is 2.14. The molecule has 0 aliphatic heterocycles. The number of nitrogens with zero attached hydrogens (tertiary/aromatic N) is 1. The van der Waals surface area contributed by atoms with Gasteiger partial charge in [0.05, 0.1) is 0 Å². The summed E-state index contributed by atoms with van der Waals surface area (Å²) >= 11 is 0. The number of hydrogen-bond acceptors (Lipinski definition) is 2. The molecule has 1 aromatic heterocycles. The van der Waals surface area contributed by atoms with E-state index in [1.165, 1.54) is 0 Å². The van der Waals surface area contributed by atoms with E-state index in [0.29, 0.717) is 0 Å². The summed E-state index contributed by atoms with van der Waals surface area (Å²) in [6.07, 6.45) is 5.58. The molecule has 1 aromatic carbocycles. The Morgan fingerprint density at radius 2 is 1.88 bits per heavy atom. The van der Waals surface area contributed by atoms with Crippen molar-refractivity contribution in [3.05, 3.63) is 71.9 Å². The predicted molar refractivity (Wildman–Crippen MR) is 64.2 cm³/mol. The second kappa shape index (κ2) is 4.57. The normalized spacial score (nSPS) is 10.0. The number of aromatic nitrogens is 1. The average Bonchev–Trinajstić information content (AvgIpc) is 2.31. The second-order valence-electron chi connectivity index (χ2n) is 3.47. The fraction of sp³-hybridized carbons (Fsp3) is 0. The highest BCUT2D eigenvalue weighted by Crippen LogP contribution is 2.11. The lowest BCUT2D eigenvalue weighted by molar-refractivity contribution is 1.27. The summed E-state index contributed by atoms with van der Waals surface area (Å²) in [6, 6.07) is 11.4. The Hall–Kier alpha value is -2.16. The second-order valence-corrected chi connectivity index (χ2v) is 3.47. The van der Waals surface area contributed by atoms with Crippen LogP contribution in [0.5, 0.6) is 0 Å². The molecule has 0 saturated carbocycles. The number of nitrogens with two attached hydrogens (primary N) is 1. The van der Waals surface area contributed by atoms with Gasteiger partial charge in [0.15, 0.2) is 0 Å². The maximum absolute atomic E-state index is 7.28. The Kier molecular flexibility index (Phi) is 2.96. The van der Waals surface area contributed by atoms with Crippen LogP contribution in [-0.2, 0) is 0 Å². The first-order chi connectivity index (χ1) is 7.75. The molecular weight excluding hydrogens is 198 g/mol. The topological polar surface area (TPSA) is 62.8 Å². The Labute approximate surface area is 94.5 Å². The maximum Gasteiger partial charge on any atom is 0.122 e. The Morgan fingerprint density at radius 3 is 2.44 bits per heavy atom. The molecule has 79 valence electrons. The van der Waals surface area contributed by atoms with Crippen molar-refractivity contribution in [1.29, 1.82) is 5.41 Å². The van der Waals surface area contributed by atoms with Gasteiger partial charge in [-0.2, -0.15) is 0 Å². The molecule has 0 spiro atoms. The molecule has 16 heavy (non-hydrogen) atoms. The number of benzene rings is 1. The molecule has 0 aliphatic rings. The van der Waals surface area contributed by atoms with Gasteiger partial charge in [0.1, 0.15) is 5.84 Å². The number of nitrogen functional groups attached to an aromatic ring is 1. The highest BCUT2D eigenvalue weighted by molar-refractivity contribution is 5.94. The average molecular weight is 210 g/mol. The van der Waals surface area contributed by atoms with Gasteiger partial charge in [-0.1, -0.05) is 30.3 Å². The summed E-state index contributed by atoms with van der Waals surface area (Å²) in [5.41, 5.74) is 8.24. The van der Waals surface area contributed by atoms with Crippen molar-refractivity contribution in [3.8, 4) is 0 Å². The zero-order valence-corrected chi connectivity index (χ0v) is 8.72. The smallest absolute Gasteiger partial charge is 0.122 e. The molecule has 0 fully saturated rings. The van der Waals surface area contributed by atoms with Crippen molar-refractivity contribution >= 4 is 5.84 Å². The maximum atomic E-state index is 7.28. The third-order valence-corrected chi connectivity index (χ3v) is 2.24. The van der Waals surface area contributed by atoms with Crippen molar-refractivity contribution in [3.63, 3.8) is 0 Å². The van der Waals surface area contributed by atoms with E-state index in [0.717, 1.165) is 16.7 Å². The summed E-state index contributed by atoms with van der Waals surface area (Å²) in [6.45, 7) is 0. The van der Waals surface area contributed by atoms with E-state index in [1.54, 1.807) is 12.4 Å². The first-order valence-corrected chi connectivity index (χ1v) is 4.95. The van der Waals surface area contributed by atoms with Crippen LogP contribution in [-0.4, -0.2) is 10.8 Å².